The third-order valence-electron chi connectivity index (χ3n) is 3.77. The third-order valence-corrected chi connectivity index (χ3v) is 3.77. The predicted molar refractivity (Wildman–Crippen MR) is 87.3 cm³/mol. The zero-order chi connectivity index (χ0) is 15.8. The Hall–Kier alpha value is -2.47. The number of rotatable bonds is 7. The Balaban J connectivity index is 2.04. The summed E-state index contributed by atoms with van der Waals surface area (Å²) < 4.78 is 10.6. The summed E-state index contributed by atoms with van der Waals surface area (Å²) in [5, 5.41) is 9.49. The molecule has 1 atom stereocenters. The number of nitrogens with zero attached hydrogens (tertiary/aromatic N) is 1. The van der Waals surface area contributed by atoms with Crippen LogP contribution in [-0.2, 0) is 6.42 Å². The molecule has 0 aliphatic heterocycles. The maximum atomic E-state index is 9.49. The first-order valence-corrected chi connectivity index (χ1v) is 7.44. The molecule has 22 heavy (non-hydrogen) atoms. The van der Waals surface area contributed by atoms with Crippen molar-refractivity contribution in [2.75, 3.05) is 14.2 Å². The molecule has 3 heteroatoms. The summed E-state index contributed by atoms with van der Waals surface area (Å²) in [4.78, 5) is 0. The second-order valence-corrected chi connectivity index (χ2v) is 5.17. The fraction of sp³-hybridized carbons (Fsp3) is 0.316. The van der Waals surface area contributed by atoms with Gasteiger partial charge in [0.1, 0.15) is 11.5 Å². The summed E-state index contributed by atoms with van der Waals surface area (Å²) in [5.41, 5.74) is 2.24. The first-order chi connectivity index (χ1) is 10.8. The Bertz CT molecular complexity index is 632. The summed E-state index contributed by atoms with van der Waals surface area (Å²) in [6.45, 7) is 0. The van der Waals surface area contributed by atoms with Crippen molar-refractivity contribution in [3.63, 3.8) is 0 Å². The highest BCUT2D eigenvalue weighted by atomic mass is 16.5. The summed E-state index contributed by atoms with van der Waals surface area (Å²) in [6, 6.07) is 18.4. The van der Waals surface area contributed by atoms with Crippen molar-refractivity contribution in [1.29, 1.82) is 5.26 Å². The molecule has 2 aromatic carbocycles. The standard InChI is InChI=1S/C19H21NO2/c1-21-17-11-12-18(19(13-17)22-2)16(14-20)10-6-9-15-7-4-3-5-8-15/h3-5,7-8,11-13,16H,6,9-10H2,1-2H3. The highest BCUT2D eigenvalue weighted by Gasteiger charge is 2.16. The summed E-state index contributed by atoms with van der Waals surface area (Å²) in [6.07, 6.45) is 2.77. The van der Waals surface area contributed by atoms with Gasteiger partial charge in [-0.05, 0) is 30.9 Å². The van der Waals surface area contributed by atoms with Crippen LogP contribution in [0.4, 0.5) is 0 Å². The van der Waals surface area contributed by atoms with Crippen molar-refractivity contribution < 1.29 is 9.47 Å². The average molecular weight is 295 g/mol. The van der Waals surface area contributed by atoms with Crippen molar-refractivity contribution in [1.82, 2.24) is 0 Å². The summed E-state index contributed by atoms with van der Waals surface area (Å²) >= 11 is 0. The van der Waals surface area contributed by atoms with Gasteiger partial charge in [0.05, 0.1) is 26.2 Å². The van der Waals surface area contributed by atoms with Crippen LogP contribution in [0.5, 0.6) is 11.5 Å². The van der Waals surface area contributed by atoms with Crippen LogP contribution in [0.2, 0.25) is 0 Å². The van der Waals surface area contributed by atoms with E-state index in [-0.39, 0.29) is 5.92 Å². The molecule has 0 aliphatic rings. The number of hydrogen-bond acceptors (Lipinski definition) is 3. The fourth-order valence-corrected chi connectivity index (χ4v) is 2.55. The van der Waals surface area contributed by atoms with Gasteiger partial charge >= 0.3 is 0 Å². The molecule has 0 bridgehead atoms. The minimum absolute atomic E-state index is 0.162. The monoisotopic (exact) mass is 295 g/mol. The van der Waals surface area contributed by atoms with Crippen molar-refractivity contribution in [3.05, 3.63) is 59.7 Å². The molecule has 0 saturated heterocycles. The van der Waals surface area contributed by atoms with Crippen LogP contribution in [0, 0.1) is 11.3 Å². The van der Waals surface area contributed by atoms with Gasteiger partial charge in [-0.3, -0.25) is 0 Å². The van der Waals surface area contributed by atoms with E-state index in [1.165, 1.54) is 5.56 Å². The zero-order valence-electron chi connectivity index (χ0n) is 13.1. The van der Waals surface area contributed by atoms with Crippen molar-refractivity contribution in [3.8, 4) is 17.6 Å². The topological polar surface area (TPSA) is 42.2 Å². The highest BCUT2D eigenvalue weighted by molar-refractivity contribution is 5.44. The van der Waals surface area contributed by atoms with Crippen molar-refractivity contribution in [2.24, 2.45) is 0 Å². The van der Waals surface area contributed by atoms with Crippen LogP contribution in [0.1, 0.15) is 29.9 Å². The number of nitriles is 1. The van der Waals surface area contributed by atoms with Crippen molar-refractivity contribution in [2.45, 2.75) is 25.2 Å². The SMILES string of the molecule is COc1ccc(C(C#N)CCCc2ccccc2)c(OC)c1. The van der Waals surface area contributed by atoms with Crippen LogP contribution in [0.15, 0.2) is 48.5 Å². The van der Waals surface area contributed by atoms with Gasteiger partial charge in [0.25, 0.3) is 0 Å². The van der Waals surface area contributed by atoms with E-state index in [9.17, 15) is 5.26 Å². The molecule has 0 heterocycles. The van der Waals surface area contributed by atoms with E-state index in [0.29, 0.717) is 5.75 Å². The molecule has 2 rings (SSSR count). The Morgan fingerprint density at radius 3 is 2.45 bits per heavy atom. The highest BCUT2D eigenvalue weighted by Crippen LogP contribution is 2.33. The summed E-state index contributed by atoms with van der Waals surface area (Å²) in [7, 11) is 3.24. The minimum atomic E-state index is -0.162. The second kappa shape index (κ2) is 8.09. The van der Waals surface area contributed by atoms with Crippen LogP contribution < -0.4 is 9.47 Å². The third kappa shape index (κ3) is 4.02. The smallest absolute Gasteiger partial charge is 0.127 e. The van der Waals surface area contributed by atoms with Gasteiger partial charge in [-0.2, -0.15) is 5.26 Å². The fourth-order valence-electron chi connectivity index (χ4n) is 2.55. The van der Waals surface area contributed by atoms with Crippen molar-refractivity contribution >= 4 is 0 Å². The molecule has 114 valence electrons. The van der Waals surface area contributed by atoms with Crippen LogP contribution in [-0.4, -0.2) is 14.2 Å². The maximum Gasteiger partial charge on any atom is 0.127 e. The Morgan fingerprint density at radius 2 is 1.82 bits per heavy atom. The van der Waals surface area contributed by atoms with Gasteiger partial charge in [0.2, 0.25) is 0 Å². The molecule has 2 aromatic rings. The Kier molecular flexibility index (Phi) is 5.85. The minimum Gasteiger partial charge on any atom is -0.497 e. The first-order valence-electron chi connectivity index (χ1n) is 7.44. The predicted octanol–water partition coefficient (Wildman–Crippen LogP) is 4.33. The number of ether oxygens (including phenoxy) is 2. The lowest BCUT2D eigenvalue weighted by Gasteiger charge is -2.14. The molecule has 0 fully saturated rings. The van der Waals surface area contributed by atoms with E-state index >= 15 is 0 Å². The molecule has 0 radical (unpaired) electrons. The van der Waals surface area contributed by atoms with Crippen LogP contribution in [0.3, 0.4) is 0 Å². The van der Waals surface area contributed by atoms with Gasteiger partial charge < -0.3 is 9.47 Å². The zero-order valence-corrected chi connectivity index (χ0v) is 13.1. The molecule has 3 nitrogen and oxygen atoms in total. The largest absolute Gasteiger partial charge is 0.497 e. The quantitative estimate of drug-likeness (QED) is 0.763. The number of methoxy groups -OCH3 is 2. The average Bonchev–Trinajstić information content (AvgIpc) is 2.59. The molecule has 0 aliphatic carbocycles. The van der Waals surface area contributed by atoms with Crippen LogP contribution >= 0.6 is 0 Å². The molecule has 0 amide bonds. The molecule has 0 N–H and O–H groups in total. The molecule has 1 unspecified atom stereocenters. The van der Waals surface area contributed by atoms with E-state index in [1.807, 2.05) is 36.4 Å². The molecule has 0 aromatic heterocycles. The number of hydrogen-bond donors (Lipinski definition) is 0. The number of benzene rings is 2. The van der Waals surface area contributed by atoms with E-state index < -0.39 is 0 Å². The lowest BCUT2D eigenvalue weighted by Crippen LogP contribution is -2.01. The lowest BCUT2D eigenvalue weighted by molar-refractivity contribution is 0.389. The molecular weight excluding hydrogens is 274 g/mol. The number of aryl methyl sites for hydroxylation is 1. The van der Waals surface area contributed by atoms with E-state index in [2.05, 4.69) is 18.2 Å². The normalized spacial score (nSPS) is 11.5. The van der Waals surface area contributed by atoms with Crippen LogP contribution in [0.25, 0.3) is 0 Å². The lowest BCUT2D eigenvalue weighted by atomic mass is 9.93. The second-order valence-electron chi connectivity index (χ2n) is 5.17. The van der Waals surface area contributed by atoms with E-state index in [4.69, 9.17) is 9.47 Å². The van der Waals surface area contributed by atoms with E-state index in [1.54, 1.807) is 14.2 Å². The Labute approximate surface area is 132 Å². The van der Waals surface area contributed by atoms with Gasteiger partial charge in [-0.25, -0.2) is 0 Å². The van der Waals surface area contributed by atoms with E-state index in [0.717, 1.165) is 30.6 Å². The van der Waals surface area contributed by atoms with Gasteiger partial charge in [0, 0.05) is 11.6 Å². The Morgan fingerprint density at radius 1 is 1.05 bits per heavy atom. The van der Waals surface area contributed by atoms with Gasteiger partial charge in [-0.1, -0.05) is 36.4 Å². The van der Waals surface area contributed by atoms with Gasteiger partial charge in [-0.15, -0.1) is 0 Å². The molecule has 0 saturated carbocycles. The first kappa shape index (κ1) is 15.9. The summed E-state index contributed by atoms with van der Waals surface area (Å²) in [5.74, 6) is 1.29. The van der Waals surface area contributed by atoms with Gasteiger partial charge in [0.15, 0.2) is 0 Å². The maximum absolute atomic E-state index is 9.49. The molecule has 0 spiro atoms. The molecular formula is C19H21NO2.